The van der Waals surface area contributed by atoms with Gasteiger partial charge in [-0.1, -0.05) is 52.3 Å². The van der Waals surface area contributed by atoms with Gasteiger partial charge in [-0.2, -0.15) is 0 Å². The molecule has 4 heteroatoms. The summed E-state index contributed by atoms with van der Waals surface area (Å²) in [6.07, 6.45) is 0. The van der Waals surface area contributed by atoms with Crippen LogP contribution in [0.25, 0.3) is 0 Å². The van der Waals surface area contributed by atoms with Crippen molar-refractivity contribution in [2.45, 2.75) is 12.5 Å². The highest BCUT2D eigenvalue weighted by Gasteiger charge is 2.40. The van der Waals surface area contributed by atoms with E-state index in [-0.39, 0.29) is 5.54 Å². The van der Waals surface area contributed by atoms with Crippen molar-refractivity contribution < 1.29 is 0 Å². The smallest absolute Gasteiger partial charge is 0.196 e. The van der Waals surface area contributed by atoms with Crippen LogP contribution in [0.15, 0.2) is 64.1 Å². The summed E-state index contributed by atoms with van der Waals surface area (Å²) in [6, 6.07) is 18.5. The molecule has 2 aromatic rings. The van der Waals surface area contributed by atoms with Crippen LogP contribution in [-0.4, -0.2) is 12.5 Å². The number of aliphatic imine (C=N–C) groups is 1. The van der Waals surface area contributed by atoms with Gasteiger partial charge in [-0.3, -0.25) is 4.99 Å². The zero-order chi connectivity index (χ0) is 14.2. The second-order valence-corrected chi connectivity index (χ2v) is 6.05. The van der Waals surface area contributed by atoms with Crippen LogP contribution in [0.4, 0.5) is 5.69 Å². The van der Waals surface area contributed by atoms with E-state index >= 15 is 0 Å². The molecular formula is C16H16BrN3. The SMILES string of the molecule is CC1(c2ccccc2)CN=C(N)N1c1cccc(Br)c1. The molecule has 0 saturated heterocycles. The molecule has 3 nitrogen and oxygen atoms in total. The van der Waals surface area contributed by atoms with Crippen molar-refractivity contribution >= 4 is 27.6 Å². The highest BCUT2D eigenvalue weighted by Crippen LogP contribution is 2.37. The quantitative estimate of drug-likeness (QED) is 0.916. The summed E-state index contributed by atoms with van der Waals surface area (Å²) in [4.78, 5) is 6.56. The van der Waals surface area contributed by atoms with Crippen molar-refractivity contribution in [2.24, 2.45) is 10.7 Å². The van der Waals surface area contributed by atoms with Gasteiger partial charge in [0.05, 0.1) is 12.1 Å². The van der Waals surface area contributed by atoms with Crippen LogP contribution in [0.2, 0.25) is 0 Å². The minimum atomic E-state index is -0.244. The lowest BCUT2D eigenvalue weighted by atomic mass is 9.90. The molecule has 1 atom stereocenters. The molecule has 0 amide bonds. The topological polar surface area (TPSA) is 41.6 Å². The molecule has 1 aliphatic heterocycles. The maximum absolute atomic E-state index is 6.13. The Balaban J connectivity index is 2.09. The van der Waals surface area contributed by atoms with Crippen LogP contribution < -0.4 is 10.6 Å². The maximum atomic E-state index is 6.13. The van der Waals surface area contributed by atoms with Gasteiger partial charge in [-0.15, -0.1) is 0 Å². The summed E-state index contributed by atoms with van der Waals surface area (Å²) in [6.45, 7) is 2.84. The van der Waals surface area contributed by atoms with Gasteiger partial charge in [0, 0.05) is 10.2 Å². The summed E-state index contributed by atoms with van der Waals surface area (Å²) in [5.41, 5.74) is 8.15. The number of guanidine groups is 1. The number of hydrogen-bond acceptors (Lipinski definition) is 3. The van der Waals surface area contributed by atoms with Crippen molar-refractivity contribution in [2.75, 3.05) is 11.4 Å². The average molecular weight is 330 g/mol. The third-order valence-electron chi connectivity index (χ3n) is 3.73. The Labute approximate surface area is 127 Å². The molecule has 2 N–H and O–H groups in total. The summed E-state index contributed by atoms with van der Waals surface area (Å²) < 4.78 is 1.03. The lowest BCUT2D eigenvalue weighted by Gasteiger charge is -2.36. The number of nitrogens with zero attached hydrogens (tertiary/aromatic N) is 2. The Morgan fingerprint density at radius 1 is 1.15 bits per heavy atom. The van der Waals surface area contributed by atoms with E-state index < -0.39 is 0 Å². The molecule has 20 heavy (non-hydrogen) atoms. The summed E-state index contributed by atoms with van der Waals surface area (Å²) >= 11 is 3.52. The third-order valence-corrected chi connectivity index (χ3v) is 4.23. The number of hydrogen-bond donors (Lipinski definition) is 1. The predicted octanol–water partition coefficient (Wildman–Crippen LogP) is 3.50. The van der Waals surface area contributed by atoms with Gasteiger partial charge < -0.3 is 10.6 Å². The van der Waals surface area contributed by atoms with Gasteiger partial charge in [0.25, 0.3) is 0 Å². The standard InChI is InChI=1S/C16H16BrN3/c1-16(12-6-3-2-4-7-12)11-19-15(18)20(16)14-9-5-8-13(17)10-14/h2-10H,11H2,1H3,(H2,18,19). The van der Waals surface area contributed by atoms with Crippen molar-refractivity contribution in [3.63, 3.8) is 0 Å². The molecule has 0 bridgehead atoms. The molecule has 3 rings (SSSR count). The molecule has 0 aromatic heterocycles. The fourth-order valence-corrected chi connectivity index (χ4v) is 3.07. The van der Waals surface area contributed by atoms with Crippen LogP contribution in [0, 0.1) is 0 Å². The van der Waals surface area contributed by atoms with E-state index in [0.29, 0.717) is 12.5 Å². The van der Waals surface area contributed by atoms with Crippen LogP contribution in [-0.2, 0) is 5.54 Å². The number of nitrogens with two attached hydrogens (primary N) is 1. The lowest BCUT2D eigenvalue weighted by molar-refractivity contribution is 0.533. The van der Waals surface area contributed by atoms with Crippen LogP contribution in [0.3, 0.4) is 0 Å². The van der Waals surface area contributed by atoms with E-state index in [1.807, 2.05) is 30.3 Å². The fraction of sp³-hybridized carbons (Fsp3) is 0.188. The molecule has 102 valence electrons. The first-order chi connectivity index (χ1) is 9.61. The minimum Gasteiger partial charge on any atom is -0.369 e. The zero-order valence-electron chi connectivity index (χ0n) is 11.3. The van der Waals surface area contributed by atoms with Crippen LogP contribution >= 0.6 is 15.9 Å². The van der Waals surface area contributed by atoms with Gasteiger partial charge in [0.15, 0.2) is 5.96 Å². The molecule has 0 aliphatic carbocycles. The molecule has 0 spiro atoms. The summed E-state index contributed by atoms with van der Waals surface area (Å²) in [5, 5.41) is 0. The number of halogens is 1. The first-order valence-electron chi connectivity index (χ1n) is 6.52. The van der Waals surface area contributed by atoms with E-state index in [1.54, 1.807) is 0 Å². The highest BCUT2D eigenvalue weighted by atomic mass is 79.9. The van der Waals surface area contributed by atoms with E-state index in [2.05, 4.69) is 57.0 Å². The normalized spacial score (nSPS) is 21.9. The van der Waals surface area contributed by atoms with Gasteiger partial charge >= 0.3 is 0 Å². The maximum Gasteiger partial charge on any atom is 0.196 e. The molecule has 0 saturated carbocycles. The van der Waals surface area contributed by atoms with Crippen molar-refractivity contribution in [1.82, 2.24) is 0 Å². The second-order valence-electron chi connectivity index (χ2n) is 5.13. The molecule has 1 aliphatic rings. The second kappa shape index (κ2) is 4.94. The molecule has 2 aromatic carbocycles. The Morgan fingerprint density at radius 2 is 1.90 bits per heavy atom. The van der Waals surface area contributed by atoms with Crippen molar-refractivity contribution in [1.29, 1.82) is 0 Å². The third kappa shape index (κ3) is 2.10. The summed E-state index contributed by atoms with van der Waals surface area (Å²) in [5.74, 6) is 0.564. The number of anilines is 1. The van der Waals surface area contributed by atoms with Gasteiger partial charge in [0.1, 0.15) is 0 Å². The Morgan fingerprint density at radius 3 is 2.60 bits per heavy atom. The molecule has 0 fully saturated rings. The van der Waals surface area contributed by atoms with Gasteiger partial charge in [-0.05, 0) is 30.7 Å². The highest BCUT2D eigenvalue weighted by molar-refractivity contribution is 9.10. The Hall–Kier alpha value is -1.81. The predicted molar refractivity (Wildman–Crippen MR) is 86.9 cm³/mol. The van der Waals surface area contributed by atoms with Crippen molar-refractivity contribution in [3.8, 4) is 0 Å². The zero-order valence-corrected chi connectivity index (χ0v) is 12.8. The van der Waals surface area contributed by atoms with Gasteiger partial charge in [-0.25, -0.2) is 0 Å². The lowest BCUT2D eigenvalue weighted by Crippen LogP contribution is -2.47. The van der Waals surface area contributed by atoms with E-state index in [0.717, 1.165) is 10.2 Å². The Kier molecular flexibility index (Phi) is 3.26. The van der Waals surface area contributed by atoms with E-state index in [9.17, 15) is 0 Å². The van der Waals surface area contributed by atoms with E-state index in [1.165, 1.54) is 5.56 Å². The largest absolute Gasteiger partial charge is 0.369 e. The van der Waals surface area contributed by atoms with Gasteiger partial charge in [0.2, 0.25) is 0 Å². The van der Waals surface area contributed by atoms with E-state index in [4.69, 9.17) is 5.73 Å². The van der Waals surface area contributed by atoms with Crippen LogP contribution in [0.5, 0.6) is 0 Å². The minimum absolute atomic E-state index is 0.244. The summed E-state index contributed by atoms with van der Waals surface area (Å²) in [7, 11) is 0. The van der Waals surface area contributed by atoms with Crippen LogP contribution in [0.1, 0.15) is 12.5 Å². The molecule has 1 heterocycles. The fourth-order valence-electron chi connectivity index (χ4n) is 2.68. The first kappa shape index (κ1) is 13.2. The molecule has 0 radical (unpaired) electrons. The first-order valence-corrected chi connectivity index (χ1v) is 7.32. The number of rotatable bonds is 2. The molecule has 1 unspecified atom stereocenters. The Bertz CT molecular complexity index is 654. The average Bonchev–Trinajstić information content (AvgIpc) is 2.77. The monoisotopic (exact) mass is 329 g/mol. The molecular weight excluding hydrogens is 314 g/mol. The van der Waals surface area contributed by atoms with Crippen molar-refractivity contribution in [3.05, 3.63) is 64.6 Å². The number of benzene rings is 2.